The molecule has 2 N–H and O–H groups in total. The van der Waals surface area contributed by atoms with Gasteiger partial charge >= 0.3 is 0 Å². The number of nitrogens with two attached hydrogens (primary N) is 1. The molecule has 0 aliphatic rings. The van der Waals surface area contributed by atoms with Crippen molar-refractivity contribution in [3.8, 4) is 0 Å². The zero-order valence-electron chi connectivity index (χ0n) is 12.1. The molecule has 1 heterocycles. The highest BCUT2D eigenvalue weighted by Gasteiger charge is 2.08. The summed E-state index contributed by atoms with van der Waals surface area (Å²) in [6.07, 6.45) is 4.81. The molecule has 0 aliphatic carbocycles. The Morgan fingerprint density at radius 2 is 1.67 bits per heavy atom. The molecule has 0 bridgehead atoms. The maximum absolute atomic E-state index is 6.32. The number of para-hydroxylation sites is 1. The van der Waals surface area contributed by atoms with Crippen LogP contribution in [-0.2, 0) is 12.8 Å². The van der Waals surface area contributed by atoms with Gasteiger partial charge in [0.25, 0.3) is 0 Å². The van der Waals surface area contributed by atoms with E-state index in [1.54, 1.807) is 0 Å². The van der Waals surface area contributed by atoms with E-state index in [2.05, 4.69) is 47.4 Å². The molecule has 0 radical (unpaired) electrons. The van der Waals surface area contributed by atoms with E-state index in [4.69, 9.17) is 5.73 Å². The molecule has 0 saturated carbocycles. The van der Waals surface area contributed by atoms with E-state index in [1.165, 1.54) is 16.5 Å². The summed E-state index contributed by atoms with van der Waals surface area (Å²) in [5.74, 6) is 0. The highest BCUT2D eigenvalue weighted by Crippen LogP contribution is 2.18. The van der Waals surface area contributed by atoms with Gasteiger partial charge in [-0.15, -0.1) is 0 Å². The first-order valence-corrected chi connectivity index (χ1v) is 7.45. The number of hydrogen-bond donors (Lipinski definition) is 1. The second-order valence-electron chi connectivity index (χ2n) is 5.48. The number of benzene rings is 2. The Bertz CT molecular complexity index is 702. The molecule has 3 rings (SSSR count). The highest BCUT2D eigenvalue weighted by atomic mass is 14.7. The lowest BCUT2D eigenvalue weighted by Crippen LogP contribution is -2.23. The molecule has 21 heavy (non-hydrogen) atoms. The Morgan fingerprint density at radius 3 is 2.52 bits per heavy atom. The predicted octanol–water partition coefficient (Wildman–Crippen LogP) is 3.74. The van der Waals surface area contributed by atoms with Gasteiger partial charge in [0.15, 0.2) is 0 Å². The lowest BCUT2D eigenvalue weighted by atomic mass is 9.98. The average molecular weight is 276 g/mol. The van der Waals surface area contributed by atoms with Crippen molar-refractivity contribution in [3.63, 3.8) is 0 Å². The Kier molecular flexibility index (Phi) is 4.27. The largest absolute Gasteiger partial charge is 0.327 e. The van der Waals surface area contributed by atoms with Crippen LogP contribution in [0.15, 0.2) is 66.9 Å². The lowest BCUT2D eigenvalue weighted by Gasteiger charge is -2.13. The van der Waals surface area contributed by atoms with Crippen LogP contribution in [0.5, 0.6) is 0 Å². The van der Waals surface area contributed by atoms with E-state index >= 15 is 0 Å². The summed E-state index contributed by atoms with van der Waals surface area (Å²) < 4.78 is 0. The van der Waals surface area contributed by atoms with Gasteiger partial charge in [0.05, 0.1) is 5.52 Å². The molecule has 106 valence electrons. The van der Waals surface area contributed by atoms with Gasteiger partial charge in [0, 0.05) is 17.6 Å². The van der Waals surface area contributed by atoms with E-state index in [9.17, 15) is 0 Å². The Hall–Kier alpha value is -2.19. The molecule has 0 amide bonds. The molecule has 0 aliphatic heterocycles. The Balaban J connectivity index is 1.67. The topological polar surface area (TPSA) is 38.9 Å². The standard InChI is InChI=1S/C19H20N2/c20-17(11-10-15-6-2-1-3-7-15)14-16-12-13-21-19-9-5-4-8-18(16)19/h1-9,12-13,17H,10-11,14,20H2. The number of aromatic nitrogens is 1. The summed E-state index contributed by atoms with van der Waals surface area (Å²) in [4.78, 5) is 4.40. The van der Waals surface area contributed by atoms with Gasteiger partial charge in [-0.2, -0.15) is 0 Å². The van der Waals surface area contributed by atoms with E-state index in [-0.39, 0.29) is 6.04 Å². The number of fused-ring (bicyclic) bond motifs is 1. The van der Waals surface area contributed by atoms with Crippen molar-refractivity contribution >= 4 is 10.9 Å². The van der Waals surface area contributed by atoms with Crippen LogP contribution in [-0.4, -0.2) is 11.0 Å². The number of rotatable bonds is 5. The second kappa shape index (κ2) is 6.51. The van der Waals surface area contributed by atoms with Gasteiger partial charge in [0.1, 0.15) is 0 Å². The molecule has 1 unspecified atom stereocenters. The summed E-state index contributed by atoms with van der Waals surface area (Å²) in [5, 5.41) is 1.22. The van der Waals surface area contributed by atoms with Crippen molar-refractivity contribution in [3.05, 3.63) is 78.0 Å². The monoisotopic (exact) mass is 276 g/mol. The van der Waals surface area contributed by atoms with Crippen LogP contribution in [0.3, 0.4) is 0 Å². The third kappa shape index (κ3) is 3.47. The average Bonchev–Trinajstić information content (AvgIpc) is 2.54. The Morgan fingerprint density at radius 1 is 0.905 bits per heavy atom. The Labute approximate surface area is 125 Å². The fraction of sp³-hybridized carbons (Fsp3) is 0.211. The molecule has 2 aromatic carbocycles. The van der Waals surface area contributed by atoms with Crippen LogP contribution >= 0.6 is 0 Å². The number of nitrogens with zero attached hydrogens (tertiary/aromatic N) is 1. The van der Waals surface area contributed by atoms with Crippen LogP contribution < -0.4 is 5.73 Å². The van der Waals surface area contributed by atoms with Crippen molar-refractivity contribution in [2.75, 3.05) is 0 Å². The van der Waals surface area contributed by atoms with Crippen molar-refractivity contribution in [2.24, 2.45) is 5.73 Å². The maximum atomic E-state index is 6.32. The lowest BCUT2D eigenvalue weighted by molar-refractivity contribution is 0.612. The number of pyridine rings is 1. The molecule has 1 aromatic heterocycles. The molecule has 2 nitrogen and oxygen atoms in total. The van der Waals surface area contributed by atoms with Gasteiger partial charge < -0.3 is 5.73 Å². The fourth-order valence-corrected chi connectivity index (χ4v) is 2.71. The van der Waals surface area contributed by atoms with Crippen LogP contribution in [0.2, 0.25) is 0 Å². The first-order chi connectivity index (χ1) is 10.3. The van der Waals surface area contributed by atoms with Gasteiger partial charge in [-0.05, 0) is 42.5 Å². The minimum Gasteiger partial charge on any atom is -0.327 e. The van der Waals surface area contributed by atoms with Crippen LogP contribution in [0, 0.1) is 0 Å². The van der Waals surface area contributed by atoms with E-state index in [0.29, 0.717) is 0 Å². The predicted molar refractivity (Wildman–Crippen MR) is 88.2 cm³/mol. The van der Waals surface area contributed by atoms with E-state index < -0.39 is 0 Å². The van der Waals surface area contributed by atoms with Gasteiger partial charge in [0.2, 0.25) is 0 Å². The van der Waals surface area contributed by atoms with Gasteiger partial charge in [-0.25, -0.2) is 0 Å². The van der Waals surface area contributed by atoms with Crippen molar-refractivity contribution < 1.29 is 0 Å². The van der Waals surface area contributed by atoms with Gasteiger partial charge in [-0.1, -0.05) is 48.5 Å². The zero-order chi connectivity index (χ0) is 14.5. The van der Waals surface area contributed by atoms with E-state index in [1.807, 2.05) is 24.4 Å². The molecule has 0 fully saturated rings. The minimum absolute atomic E-state index is 0.177. The minimum atomic E-state index is 0.177. The van der Waals surface area contributed by atoms with Crippen molar-refractivity contribution in [2.45, 2.75) is 25.3 Å². The normalized spacial score (nSPS) is 12.4. The third-order valence-electron chi connectivity index (χ3n) is 3.87. The molecule has 2 heteroatoms. The summed E-state index contributed by atoms with van der Waals surface area (Å²) in [6.45, 7) is 0. The van der Waals surface area contributed by atoms with Gasteiger partial charge in [-0.3, -0.25) is 4.98 Å². The quantitative estimate of drug-likeness (QED) is 0.771. The van der Waals surface area contributed by atoms with Crippen LogP contribution in [0.4, 0.5) is 0 Å². The molecular weight excluding hydrogens is 256 g/mol. The van der Waals surface area contributed by atoms with Crippen LogP contribution in [0.25, 0.3) is 10.9 Å². The second-order valence-corrected chi connectivity index (χ2v) is 5.48. The zero-order valence-corrected chi connectivity index (χ0v) is 12.1. The SMILES string of the molecule is NC(CCc1ccccc1)Cc1ccnc2ccccc12. The van der Waals surface area contributed by atoms with E-state index in [0.717, 1.165) is 24.8 Å². The number of hydrogen-bond acceptors (Lipinski definition) is 2. The molecule has 3 aromatic rings. The summed E-state index contributed by atoms with van der Waals surface area (Å²) >= 11 is 0. The first kappa shape index (κ1) is 13.8. The highest BCUT2D eigenvalue weighted by molar-refractivity contribution is 5.81. The molecular formula is C19H20N2. The summed E-state index contributed by atoms with van der Waals surface area (Å²) in [5.41, 5.74) is 10.0. The van der Waals surface area contributed by atoms with Crippen molar-refractivity contribution in [1.82, 2.24) is 4.98 Å². The summed E-state index contributed by atoms with van der Waals surface area (Å²) in [7, 11) is 0. The molecule has 0 saturated heterocycles. The third-order valence-corrected chi connectivity index (χ3v) is 3.87. The smallest absolute Gasteiger partial charge is 0.0704 e. The maximum Gasteiger partial charge on any atom is 0.0704 e. The van der Waals surface area contributed by atoms with Crippen molar-refractivity contribution in [1.29, 1.82) is 0 Å². The summed E-state index contributed by atoms with van der Waals surface area (Å²) in [6, 6.07) is 21.1. The molecule has 0 spiro atoms. The molecule has 1 atom stereocenters. The fourth-order valence-electron chi connectivity index (χ4n) is 2.71. The first-order valence-electron chi connectivity index (χ1n) is 7.45. The van der Waals surface area contributed by atoms with Crippen LogP contribution in [0.1, 0.15) is 17.5 Å². The number of aryl methyl sites for hydroxylation is 1.